The normalized spacial score (nSPS) is 15.3. The second-order valence-electron chi connectivity index (χ2n) is 5.64. The largest absolute Gasteiger partial charge is 0.502 e. The van der Waals surface area contributed by atoms with Gasteiger partial charge in [-0.15, -0.1) is 0 Å². The number of rotatable bonds is 5. The topological polar surface area (TPSA) is 108 Å². The van der Waals surface area contributed by atoms with Gasteiger partial charge in [0.2, 0.25) is 5.75 Å². The van der Waals surface area contributed by atoms with Crippen LogP contribution in [0.25, 0.3) is 0 Å². The number of hydrogen-bond acceptors (Lipinski definition) is 6. The molecule has 2 rings (SSSR count). The maximum absolute atomic E-state index is 12.3. The van der Waals surface area contributed by atoms with E-state index in [9.17, 15) is 14.7 Å². The van der Waals surface area contributed by atoms with Crippen LogP contribution in [0.15, 0.2) is 4.79 Å². The molecule has 8 heteroatoms. The number of carbonyl (C=O) groups excluding carboxylic acids is 1. The van der Waals surface area contributed by atoms with Gasteiger partial charge in [0.05, 0.1) is 13.2 Å². The molecule has 0 spiro atoms. The molecule has 22 heavy (non-hydrogen) atoms. The third-order valence-electron chi connectivity index (χ3n) is 3.31. The van der Waals surface area contributed by atoms with Crippen molar-refractivity contribution in [3.8, 4) is 5.75 Å². The van der Waals surface area contributed by atoms with E-state index in [-0.39, 0.29) is 24.0 Å². The molecule has 0 unspecified atom stereocenters. The zero-order valence-corrected chi connectivity index (χ0v) is 12.9. The second-order valence-corrected chi connectivity index (χ2v) is 5.64. The van der Waals surface area contributed by atoms with E-state index in [1.807, 2.05) is 13.8 Å². The lowest BCUT2D eigenvalue weighted by Crippen LogP contribution is -2.42. The molecule has 1 aliphatic rings. The van der Waals surface area contributed by atoms with E-state index >= 15 is 0 Å². The first-order valence-corrected chi connectivity index (χ1v) is 7.39. The van der Waals surface area contributed by atoms with Crippen molar-refractivity contribution in [2.45, 2.75) is 20.4 Å². The summed E-state index contributed by atoms with van der Waals surface area (Å²) in [5, 5.41) is 12.9. The van der Waals surface area contributed by atoms with E-state index in [2.05, 4.69) is 15.3 Å². The quantitative estimate of drug-likeness (QED) is 0.689. The second kappa shape index (κ2) is 7.37. The Labute approximate surface area is 128 Å². The maximum Gasteiger partial charge on any atom is 0.293 e. The molecule has 1 aliphatic heterocycles. The fraction of sp³-hybridized carbons (Fsp3) is 0.643. The van der Waals surface area contributed by atoms with E-state index in [0.29, 0.717) is 32.2 Å². The molecular formula is C14H22N4O4. The molecular weight excluding hydrogens is 288 g/mol. The van der Waals surface area contributed by atoms with Crippen molar-refractivity contribution < 1.29 is 14.6 Å². The smallest absolute Gasteiger partial charge is 0.293 e. The van der Waals surface area contributed by atoms with Gasteiger partial charge in [-0.25, -0.2) is 4.98 Å². The van der Waals surface area contributed by atoms with Gasteiger partial charge >= 0.3 is 0 Å². The number of nitrogens with zero attached hydrogens (tertiary/aromatic N) is 2. The van der Waals surface area contributed by atoms with Gasteiger partial charge in [0.15, 0.2) is 5.82 Å². The Bertz CT molecular complexity index is 579. The molecule has 0 aromatic carbocycles. The van der Waals surface area contributed by atoms with Crippen molar-refractivity contribution in [1.29, 1.82) is 0 Å². The first-order valence-electron chi connectivity index (χ1n) is 7.39. The van der Waals surface area contributed by atoms with E-state index < -0.39 is 11.3 Å². The Hall–Kier alpha value is -1.93. The zero-order valence-electron chi connectivity index (χ0n) is 12.9. The molecule has 2 heterocycles. The Kier molecular flexibility index (Phi) is 5.51. The molecule has 0 bridgehead atoms. The van der Waals surface area contributed by atoms with Gasteiger partial charge in [-0.1, -0.05) is 13.8 Å². The highest BCUT2D eigenvalue weighted by molar-refractivity contribution is 5.90. The molecule has 0 atom stereocenters. The molecule has 1 aromatic rings. The van der Waals surface area contributed by atoms with Crippen molar-refractivity contribution in [2.24, 2.45) is 5.92 Å². The van der Waals surface area contributed by atoms with Crippen LogP contribution in [-0.2, 0) is 11.3 Å². The molecule has 3 N–H and O–H groups in total. The van der Waals surface area contributed by atoms with Gasteiger partial charge in [-0.2, -0.15) is 0 Å². The van der Waals surface area contributed by atoms with Crippen LogP contribution in [0.3, 0.4) is 0 Å². The number of hydrogen-bond donors (Lipinski definition) is 3. The van der Waals surface area contributed by atoms with Crippen LogP contribution in [0, 0.1) is 5.92 Å². The highest BCUT2D eigenvalue weighted by Gasteiger charge is 2.22. The molecule has 8 nitrogen and oxygen atoms in total. The monoisotopic (exact) mass is 310 g/mol. The number of amides is 1. The van der Waals surface area contributed by atoms with E-state index in [1.54, 1.807) is 4.90 Å². The van der Waals surface area contributed by atoms with Crippen LogP contribution in [0.4, 0.5) is 0 Å². The van der Waals surface area contributed by atoms with Crippen LogP contribution in [-0.4, -0.2) is 58.7 Å². The van der Waals surface area contributed by atoms with Crippen molar-refractivity contribution in [2.75, 3.05) is 32.8 Å². The summed E-state index contributed by atoms with van der Waals surface area (Å²) in [6, 6.07) is 0. The standard InChI is InChI=1S/C14H22N4O4/c1-9(2)7-15-8-10-11(19)13(20)17-12(16-10)14(21)18-3-5-22-6-4-18/h9,15,19H,3-8H2,1-2H3,(H,16,17,20). The zero-order chi connectivity index (χ0) is 16.1. The summed E-state index contributed by atoms with van der Waals surface area (Å²) in [5.41, 5.74) is -0.519. The van der Waals surface area contributed by atoms with Crippen LogP contribution < -0.4 is 10.9 Å². The van der Waals surface area contributed by atoms with Crippen LogP contribution in [0.1, 0.15) is 30.2 Å². The lowest BCUT2D eigenvalue weighted by molar-refractivity contribution is 0.0294. The van der Waals surface area contributed by atoms with Crippen molar-refractivity contribution >= 4 is 5.91 Å². The van der Waals surface area contributed by atoms with E-state index in [0.717, 1.165) is 6.54 Å². The average molecular weight is 310 g/mol. The summed E-state index contributed by atoms with van der Waals surface area (Å²) in [7, 11) is 0. The summed E-state index contributed by atoms with van der Waals surface area (Å²) < 4.78 is 5.19. The van der Waals surface area contributed by atoms with E-state index in [1.165, 1.54) is 0 Å². The number of aromatic hydroxyl groups is 1. The predicted octanol–water partition coefficient (Wildman–Crippen LogP) is -0.306. The molecule has 1 saturated heterocycles. The van der Waals surface area contributed by atoms with Gasteiger partial charge < -0.3 is 20.1 Å². The third-order valence-corrected chi connectivity index (χ3v) is 3.31. The van der Waals surface area contributed by atoms with Crippen molar-refractivity contribution in [1.82, 2.24) is 20.2 Å². The Morgan fingerprint density at radius 2 is 2.14 bits per heavy atom. The minimum absolute atomic E-state index is 0.0500. The number of carbonyl (C=O) groups is 1. The van der Waals surface area contributed by atoms with E-state index in [4.69, 9.17) is 4.74 Å². The summed E-state index contributed by atoms with van der Waals surface area (Å²) in [5.74, 6) is -0.426. The van der Waals surface area contributed by atoms with Crippen LogP contribution in [0.5, 0.6) is 5.75 Å². The SMILES string of the molecule is CC(C)CNCc1nc(C(=O)N2CCOCC2)[nH]c(=O)c1O. The fourth-order valence-electron chi connectivity index (χ4n) is 2.13. The van der Waals surface area contributed by atoms with Crippen molar-refractivity contribution in [3.05, 3.63) is 21.9 Å². The number of morpholine rings is 1. The minimum Gasteiger partial charge on any atom is -0.502 e. The molecule has 1 aromatic heterocycles. The molecule has 0 aliphatic carbocycles. The summed E-state index contributed by atoms with van der Waals surface area (Å²) in [6.07, 6.45) is 0. The Balaban J connectivity index is 2.16. The van der Waals surface area contributed by atoms with Gasteiger partial charge in [0.1, 0.15) is 5.69 Å². The summed E-state index contributed by atoms with van der Waals surface area (Å²) >= 11 is 0. The Morgan fingerprint density at radius 3 is 2.77 bits per heavy atom. The number of nitrogens with one attached hydrogen (secondary N) is 2. The molecule has 1 fully saturated rings. The maximum atomic E-state index is 12.3. The predicted molar refractivity (Wildman–Crippen MR) is 79.8 cm³/mol. The van der Waals surface area contributed by atoms with Crippen LogP contribution >= 0.6 is 0 Å². The number of ether oxygens (including phenoxy) is 1. The van der Waals surface area contributed by atoms with Gasteiger partial charge in [0, 0.05) is 19.6 Å². The number of aromatic amines is 1. The lowest BCUT2D eigenvalue weighted by atomic mass is 10.2. The third kappa shape index (κ3) is 4.05. The first-order chi connectivity index (χ1) is 10.5. The summed E-state index contributed by atoms with van der Waals surface area (Å²) in [6.45, 7) is 6.91. The average Bonchev–Trinajstić information content (AvgIpc) is 2.51. The molecule has 0 saturated carbocycles. The Morgan fingerprint density at radius 1 is 1.45 bits per heavy atom. The number of H-pyrrole nitrogens is 1. The van der Waals surface area contributed by atoms with Crippen molar-refractivity contribution in [3.63, 3.8) is 0 Å². The molecule has 1 amide bonds. The number of aromatic nitrogens is 2. The minimum atomic E-state index is -0.701. The van der Waals surface area contributed by atoms with Gasteiger partial charge in [-0.3, -0.25) is 14.6 Å². The lowest BCUT2D eigenvalue weighted by Gasteiger charge is -2.26. The highest BCUT2D eigenvalue weighted by atomic mass is 16.5. The molecule has 122 valence electrons. The fourth-order valence-corrected chi connectivity index (χ4v) is 2.13. The highest BCUT2D eigenvalue weighted by Crippen LogP contribution is 2.10. The van der Waals surface area contributed by atoms with Gasteiger partial charge in [-0.05, 0) is 12.5 Å². The molecule has 0 radical (unpaired) electrons. The van der Waals surface area contributed by atoms with Crippen LogP contribution in [0.2, 0.25) is 0 Å². The van der Waals surface area contributed by atoms with Gasteiger partial charge in [0.25, 0.3) is 11.5 Å². The first kappa shape index (κ1) is 16.4. The summed E-state index contributed by atoms with van der Waals surface area (Å²) in [4.78, 5) is 32.1.